The lowest BCUT2D eigenvalue weighted by Gasteiger charge is -2.12. The second-order valence-corrected chi connectivity index (χ2v) is 6.35. The van der Waals surface area contributed by atoms with Gasteiger partial charge in [-0.05, 0) is 55.7 Å². The molecule has 1 amide bonds. The quantitative estimate of drug-likeness (QED) is 0.824. The Morgan fingerprint density at radius 3 is 2.82 bits per heavy atom. The molecule has 1 heterocycles. The number of hydrogen-bond donors (Lipinski definition) is 2. The van der Waals surface area contributed by atoms with Crippen LogP contribution in [0.4, 0.5) is 0 Å². The van der Waals surface area contributed by atoms with E-state index < -0.39 is 0 Å². The summed E-state index contributed by atoms with van der Waals surface area (Å²) in [5, 5.41) is 7.99. The van der Waals surface area contributed by atoms with Gasteiger partial charge < -0.3 is 10.1 Å². The van der Waals surface area contributed by atoms with Gasteiger partial charge in [0, 0.05) is 10.4 Å². The van der Waals surface area contributed by atoms with Crippen LogP contribution in [-0.2, 0) is 6.54 Å². The highest BCUT2D eigenvalue weighted by atomic mass is 32.1. The van der Waals surface area contributed by atoms with Crippen LogP contribution in [0.5, 0.6) is 5.75 Å². The second kappa shape index (κ2) is 7.91. The van der Waals surface area contributed by atoms with Gasteiger partial charge >= 0.3 is 0 Å². The minimum absolute atomic E-state index is 0.0619. The average molecular weight is 334 g/mol. The summed E-state index contributed by atoms with van der Waals surface area (Å²) in [6, 6.07) is 11.0. The van der Waals surface area contributed by atoms with Crippen molar-refractivity contribution in [3.8, 4) is 5.75 Å². The molecule has 0 unspecified atom stereocenters. The Morgan fingerprint density at radius 1 is 1.32 bits per heavy atom. The summed E-state index contributed by atoms with van der Waals surface area (Å²) in [6.45, 7) is 4.49. The number of carbonyl (C=O) groups excluding carboxylic acids is 1. The molecule has 0 spiro atoms. The first-order valence-corrected chi connectivity index (χ1v) is 8.21. The van der Waals surface area contributed by atoms with E-state index in [1.165, 1.54) is 0 Å². The maximum absolute atomic E-state index is 12.2. The first-order valence-electron chi connectivity index (χ1n) is 6.93. The number of ether oxygens (including phenoxy) is 1. The molecule has 0 atom stereocenters. The standard InChI is InChI=1S/C16H18N2O2S2/c1-11(2)20-13-6-3-5-12(9-13)15(19)18-16(21)17-10-14-7-4-8-22-14/h3-9,11H,10H2,1-2H3,(H2,17,18,19,21). The van der Waals surface area contributed by atoms with Crippen LogP contribution >= 0.6 is 23.6 Å². The highest BCUT2D eigenvalue weighted by Crippen LogP contribution is 2.14. The van der Waals surface area contributed by atoms with Gasteiger partial charge in [-0.3, -0.25) is 10.1 Å². The van der Waals surface area contributed by atoms with Gasteiger partial charge in [-0.1, -0.05) is 12.1 Å². The first kappa shape index (κ1) is 16.5. The molecule has 2 rings (SSSR count). The zero-order valence-corrected chi connectivity index (χ0v) is 14.1. The van der Waals surface area contributed by atoms with Crippen LogP contribution in [0.2, 0.25) is 0 Å². The van der Waals surface area contributed by atoms with Crippen LogP contribution in [0.3, 0.4) is 0 Å². The number of thiophene rings is 1. The predicted octanol–water partition coefficient (Wildman–Crippen LogP) is 3.34. The van der Waals surface area contributed by atoms with Crippen molar-refractivity contribution in [3.05, 3.63) is 52.2 Å². The van der Waals surface area contributed by atoms with Crippen molar-refractivity contribution in [3.63, 3.8) is 0 Å². The smallest absolute Gasteiger partial charge is 0.257 e. The van der Waals surface area contributed by atoms with Gasteiger partial charge in [-0.2, -0.15) is 0 Å². The van der Waals surface area contributed by atoms with Gasteiger partial charge in [0.25, 0.3) is 5.91 Å². The maximum atomic E-state index is 12.2. The molecule has 0 aliphatic rings. The number of rotatable bonds is 5. The summed E-state index contributed by atoms with van der Waals surface area (Å²) in [5.74, 6) is 0.415. The van der Waals surface area contributed by atoms with E-state index in [1.54, 1.807) is 29.5 Å². The van der Waals surface area contributed by atoms with Crippen molar-refractivity contribution in [1.82, 2.24) is 10.6 Å². The molecule has 2 N–H and O–H groups in total. The number of carbonyl (C=O) groups is 1. The Labute approximate surface area is 139 Å². The van der Waals surface area contributed by atoms with Gasteiger partial charge in [0.2, 0.25) is 0 Å². The molecule has 0 saturated carbocycles. The topological polar surface area (TPSA) is 50.4 Å². The van der Waals surface area contributed by atoms with Crippen LogP contribution in [0, 0.1) is 0 Å². The van der Waals surface area contributed by atoms with Crippen LogP contribution in [0.25, 0.3) is 0 Å². The Balaban J connectivity index is 1.89. The van der Waals surface area contributed by atoms with E-state index in [2.05, 4.69) is 10.6 Å². The predicted molar refractivity (Wildman–Crippen MR) is 93.4 cm³/mol. The van der Waals surface area contributed by atoms with Gasteiger partial charge in [0.1, 0.15) is 5.75 Å². The fourth-order valence-corrected chi connectivity index (χ4v) is 2.59. The van der Waals surface area contributed by atoms with E-state index in [0.29, 0.717) is 23.0 Å². The molecule has 2 aromatic rings. The summed E-state index contributed by atoms with van der Waals surface area (Å²) in [5.41, 5.74) is 0.512. The largest absolute Gasteiger partial charge is 0.491 e. The number of benzene rings is 1. The lowest BCUT2D eigenvalue weighted by molar-refractivity contribution is 0.0976. The van der Waals surface area contributed by atoms with Crippen LogP contribution in [0.1, 0.15) is 29.1 Å². The van der Waals surface area contributed by atoms with Crippen molar-refractivity contribution < 1.29 is 9.53 Å². The number of thiocarbonyl (C=S) groups is 1. The van der Waals surface area contributed by atoms with E-state index in [0.717, 1.165) is 4.88 Å². The third-order valence-corrected chi connectivity index (χ3v) is 3.82. The van der Waals surface area contributed by atoms with Gasteiger partial charge in [-0.25, -0.2) is 0 Å². The molecule has 0 aliphatic carbocycles. The van der Waals surface area contributed by atoms with E-state index >= 15 is 0 Å². The summed E-state index contributed by atoms with van der Waals surface area (Å²) in [6.07, 6.45) is 0.0619. The van der Waals surface area contributed by atoms with Crippen molar-refractivity contribution in [2.75, 3.05) is 0 Å². The normalized spacial score (nSPS) is 10.3. The Morgan fingerprint density at radius 2 is 2.14 bits per heavy atom. The second-order valence-electron chi connectivity index (χ2n) is 4.91. The summed E-state index contributed by atoms with van der Waals surface area (Å²) >= 11 is 6.77. The van der Waals surface area contributed by atoms with E-state index in [1.807, 2.05) is 37.4 Å². The van der Waals surface area contributed by atoms with Crippen LogP contribution < -0.4 is 15.4 Å². The zero-order valence-electron chi connectivity index (χ0n) is 12.5. The van der Waals surface area contributed by atoms with Gasteiger partial charge in [-0.15, -0.1) is 11.3 Å². The molecule has 0 saturated heterocycles. The van der Waals surface area contributed by atoms with E-state index in [-0.39, 0.29) is 12.0 Å². The number of amides is 1. The van der Waals surface area contributed by atoms with E-state index in [9.17, 15) is 4.79 Å². The molecule has 116 valence electrons. The molecule has 4 nitrogen and oxygen atoms in total. The highest BCUT2D eigenvalue weighted by Gasteiger charge is 2.09. The lowest BCUT2D eigenvalue weighted by atomic mass is 10.2. The Hall–Kier alpha value is -1.92. The van der Waals surface area contributed by atoms with Crippen molar-refractivity contribution in [2.24, 2.45) is 0 Å². The zero-order chi connectivity index (χ0) is 15.9. The first-order chi connectivity index (χ1) is 10.5. The molecule has 6 heteroatoms. The van der Waals surface area contributed by atoms with Crippen molar-refractivity contribution in [1.29, 1.82) is 0 Å². The monoisotopic (exact) mass is 334 g/mol. The van der Waals surface area contributed by atoms with Crippen LogP contribution in [0.15, 0.2) is 41.8 Å². The molecule has 0 aliphatic heterocycles. The molecular weight excluding hydrogens is 316 g/mol. The Kier molecular flexibility index (Phi) is 5.91. The third kappa shape index (κ3) is 5.13. The molecule has 0 fully saturated rings. The molecule has 0 radical (unpaired) electrons. The minimum Gasteiger partial charge on any atom is -0.491 e. The molecule has 1 aromatic heterocycles. The van der Waals surface area contributed by atoms with E-state index in [4.69, 9.17) is 17.0 Å². The maximum Gasteiger partial charge on any atom is 0.257 e. The number of nitrogens with one attached hydrogen (secondary N) is 2. The minimum atomic E-state index is -0.252. The third-order valence-electron chi connectivity index (χ3n) is 2.70. The SMILES string of the molecule is CC(C)Oc1cccc(C(=O)NC(=S)NCc2cccs2)c1. The van der Waals surface area contributed by atoms with Gasteiger partial charge in [0.05, 0.1) is 12.6 Å². The summed E-state index contributed by atoms with van der Waals surface area (Å²) in [4.78, 5) is 13.3. The molecule has 1 aromatic carbocycles. The van der Waals surface area contributed by atoms with Crippen molar-refractivity contribution in [2.45, 2.75) is 26.5 Å². The average Bonchev–Trinajstić information content (AvgIpc) is 2.98. The molecular formula is C16H18N2O2S2. The van der Waals surface area contributed by atoms with Crippen LogP contribution in [-0.4, -0.2) is 17.1 Å². The fourth-order valence-electron chi connectivity index (χ4n) is 1.78. The highest BCUT2D eigenvalue weighted by molar-refractivity contribution is 7.80. The van der Waals surface area contributed by atoms with Crippen molar-refractivity contribution >= 4 is 34.6 Å². The lowest BCUT2D eigenvalue weighted by Crippen LogP contribution is -2.38. The summed E-state index contributed by atoms with van der Waals surface area (Å²) in [7, 11) is 0. The Bertz CT molecular complexity index is 639. The van der Waals surface area contributed by atoms with Gasteiger partial charge in [0.15, 0.2) is 5.11 Å². The molecule has 22 heavy (non-hydrogen) atoms. The summed E-state index contributed by atoms with van der Waals surface area (Å²) < 4.78 is 5.58. The number of hydrogen-bond acceptors (Lipinski definition) is 4. The molecule has 0 bridgehead atoms. The fraction of sp³-hybridized carbons (Fsp3) is 0.250.